The molecule has 1 aromatic carbocycles. The van der Waals surface area contributed by atoms with Gasteiger partial charge in [0, 0.05) is 32.0 Å². The third-order valence-corrected chi connectivity index (χ3v) is 5.02. The van der Waals surface area contributed by atoms with Crippen LogP contribution in [0.5, 0.6) is 0 Å². The summed E-state index contributed by atoms with van der Waals surface area (Å²) in [6, 6.07) is 10.5. The molecule has 6 heteroatoms. The van der Waals surface area contributed by atoms with Crippen molar-refractivity contribution in [3.8, 4) is 0 Å². The van der Waals surface area contributed by atoms with E-state index in [0.29, 0.717) is 13.1 Å². The van der Waals surface area contributed by atoms with E-state index in [1.165, 1.54) is 5.56 Å². The number of imidazole rings is 1. The summed E-state index contributed by atoms with van der Waals surface area (Å²) in [7, 11) is 0. The Morgan fingerprint density at radius 3 is 2.48 bits per heavy atom. The third-order valence-electron chi connectivity index (χ3n) is 5.02. The topological polar surface area (TPSA) is 74.5 Å². The number of aryl methyl sites for hydroxylation is 2. The maximum absolute atomic E-state index is 10.8. The number of hydrogen-bond donors (Lipinski definition) is 3. The minimum absolute atomic E-state index is 0.497. The Labute approximate surface area is 175 Å². The molecule has 0 bridgehead atoms. The lowest BCUT2D eigenvalue weighted by Gasteiger charge is -2.28. The molecule has 0 aliphatic carbocycles. The minimum Gasteiger partial charge on any atom is -0.388 e. The third kappa shape index (κ3) is 7.89. The number of aliphatic hydroxyl groups is 1. The molecule has 6 nitrogen and oxygen atoms in total. The fourth-order valence-corrected chi connectivity index (χ4v) is 3.56. The van der Waals surface area contributed by atoms with Gasteiger partial charge < -0.3 is 20.3 Å². The minimum atomic E-state index is -0.687. The molecule has 0 saturated carbocycles. The number of nitrogens with one attached hydrogen (secondary N) is 2. The summed E-state index contributed by atoms with van der Waals surface area (Å²) in [6.45, 7) is 8.91. The summed E-state index contributed by atoms with van der Waals surface area (Å²) in [5.41, 5.74) is 0.630. The lowest BCUT2D eigenvalue weighted by Crippen LogP contribution is -2.47. The van der Waals surface area contributed by atoms with Crippen molar-refractivity contribution < 1.29 is 5.11 Å². The van der Waals surface area contributed by atoms with Crippen molar-refractivity contribution >= 4 is 5.96 Å². The van der Waals surface area contributed by atoms with E-state index in [2.05, 4.69) is 58.3 Å². The molecule has 0 atom stereocenters. The van der Waals surface area contributed by atoms with Crippen molar-refractivity contribution in [3.05, 3.63) is 54.1 Å². The van der Waals surface area contributed by atoms with Crippen molar-refractivity contribution in [1.29, 1.82) is 0 Å². The highest BCUT2D eigenvalue weighted by Gasteiger charge is 2.24. The molecule has 0 unspecified atom stereocenters. The summed E-state index contributed by atoms with van der Waals surface area (Å²) in [5, 5.41) is 17.4. The van der Waals surface area contributed by atoms with Crippen molar-refractivity contribution in [2.24, 2.45) is 4.99 Å². The van der Waals surface area contributed by atoms with E-state index in [4.69, 9.17) is 4.99 Å². The number of hydrogen-bond acceptors (Lipinski definition) is 3. The molecule has 0 saturated heterocycles. The van der Waals surface area contributed by atoms with E-state index < -0.39 is 5.60 Å². The Balaban J connectivity index is 1.96. The van der Waals surface area contributed by atoms with Gasteiger partial charge in [0.25, 0.3) is 0 Å². The van der Waals surface area contributed by atoms with E-state index >= 15 is 0 Å². The van der Waals surface area contributed by atoms with Crippen LogP contribution in [-0.2, 0) is 19.5 Å². The van der Waals surface area contributed by atoms with Gasteiger partial charge in [-0.3, -0.25) is 0 Å². The van der Waals surface area contributed by atoms with Gasteiger partial charge in [0.2, 0.25) is 0 Å². The summed E-state index contributed by atoms with van der Waals surface area (Å²) in [6.07, 6.45) is 8.31. The standard InChI is InChI=1S/C23H37N5O/c1-4-13-23(29,14-5-2)19-27-22(24-6-3)26-18-21-25-15-17-28(21)16-12-20-10-8-7-9-11-20/h7-11,15,17,29H,4-6,12-14,16,18-19H2,1-3H3,(H2,24,26,27). The summed E-state index contributed by atoms with van der Waals surface area (Å²) in [5.74, 6) is 1.66. The molecule has 0 fully saturated rings. The summed E-state index contributed by atoms with van der Waals surface area (Å²) >= 11 is 0. The van der Waals surface area contributed by atoms with E-state index in [0.717, 1.165) is 57.0 Å². The average Bonchev–Trinajstić information content (AvgIpc) is 3.17. The lowest BCUT2D eigenvalue weighted by molar-refractivity contribution is 0.0257. The predicted molar refractivity (Wildman–Crippen MR) is 120 cm³/mol. The first kappa shape index (κ1) is 22.9. The quantitative estimate of drug-likeness (QED) is 0.377. The summed E-state index contributed by atoms with van der Waals surface area (Å²) in [4.78, 5) is 9.17. The predicted octanol–water partition coefficient (Wildman–Crippen LogP) is 3.51. The van der Waals surface area contributed by atoms with E-state index in [1.807, 2.05) is 25.4 Å². The molecule has 29 heavy (non-hydrogen) atoms. The second kappa shape index (κ2) is 12.3. The first-order chi connectivity index (χ1) is 14.1. The highest BCUT2D eigenvalue weighted by molar-refractivity contribution is 5.79. The second-order valence-electron chi connectivity index (χ2n) is 7.55. The Hall–Kier alpha value is -2.34. The summed E-state index contributed by atoms with van der Waals surface area (Å²) < 4.78 is 2.16. The largest absolute Gasteiger partial charge is 0.388 e. The van der Waals surface area contributed by atoms with Gasteiger partial charge in [-0.1, -0.05) is 57.0 Å². The molecule has 3 N–H and O–H groups in total. The molecule has 2 rings (SSSR count). The van der Waals surface area contributed by atoms with Gasteiger partial charge in [-0.25, -0.2) is 9.98 Å². The monoisotopic (exact) mass is 399 g/mol. The zero-order valence-electron chi connectivity index (χ0n) is 18.2. The van der Waals surface area contributed by atoms with Crippen LogP contribution < -0.4 is 10.6 Å². The van der Waals surface area contributed by atoms with Crippen LogP contribution in [0, 0.1) is 0 Å². The molecule has 0 amide bonds. The molecule has 0 aliphatic heterocycles. The second-order valence-corrected chi connectivity index (χ2v) is 7.55. The molecule has 1 aromatic heterocycles. The van der Waals surface area contributed by atoms with Crippen LogP contribution in [0.15, 0.2) is 47.7 Å². The number of aliphatic imine (C=N–C) groups is 1. The van der Waals surface area contributed by atoms with Crippen molar-refractivity contribution in [1.82, 2.24) is 20.2 Å². The van der Waals surface area contributed by atoms with Gasteiger partial charge in [-0.2, -0.15) is 0 Å². The number of benzene rings is 1. The van der Waals surface area contributed by atoms with Crippen molar-refractivity contribution in [3.63, 3.8) is 0 Å². The Morgan fingerprint density at radius 2 is 1.83 bits per heavy atom. The average molecular weight is 400 g/mol. The van der Waals surface area contributed by atoms with Crippen LogP contribution in [0.2, 0.25) is 0 Å². The Bertz CT molecular complexity index is 720. The van der Waals surface area contributed by atoms with Gasteiger partial charge in [-0.05, 0) is 31.7 Å². The fourth-order valence-electron chi connectivity index (χ4n) is 3.56. The zero-order valence-corrected chi connectivity index (χ0v) is 18.2. The van der Waals surface area contributed by atoms with Crippen LogP contribution >= 0.6 is 0 Å². The number of aromatic nitrogens is 2. The maximum atomic E-state index is 10.8. The first-order valence-corrected chi connectivity index (χ1v) is 10.9. The van der Waals surface area contributed by atoms with E-state index in [1.54, 1.807) is 0 Å². The number of nitrogens with zero attached hydrogens (tertiary/aromatic N) is 3. The van der Waals surface area contributed by atoms with Crippen LogP contribution in [0.4, 0.5) is 0 Å². The van der Waals surface area contributed by atoms with Crippen molar-refractivity contribution in [2.45, 2.75) is 71.6 Å². The van der Waals surface area contributed by atoms with E-state index in [-0.39, 0.29) is 0 Å². The molecule has 2 aromatic rings. The van der Waals surface area contributed by atoms with Gasteiger partial charge in [0.1, 0.15) is 12.4 Å². The zero-order chi connectivity index (χ0) is 21.0. The van der Waals surface area contributed by atoms with Gasteiger partial charge in [0.05, 0.1) is 5.60 Å². The normalized spacial score (nSPS) is 12.2. The molecule has 0 aliphatic rings. The van der Waals surface area contributed by atoms with Crippen LogP contribution in [0.1, 0.15) is 57.8 Å². The Morgan fingerprint density at radius 1 is 1.10 bits per heavy atom. The molecule has 0 radical (unpaired) electrons. The van der Waals surface area contributed by atoms with Gasteiger partial charge in [-0.15, -0.1) is 0 Å². The van der Waals surface area contributed by atoms with Gasteiger partial charge in [0.15, 0.2) is 5.96 Å². The molecule has 0 spiro atoms. The van der Waals surface area contributed by atoms with Crippen molar-refractivity contribution in [2.75, 3.05) is 13.1 Å². The number of guanidine groups is 1. The molecular weight excluding hydrogens is 362 g/mol. The maximum Gasteiger partial charge on any atom is 0.191 e. The highest BCUT2D eigenvalue weighted by Crippen LogP contribution is 2.18. The molecule has 160 valence electrons. The lowest BCUT2D eigenvalue weighted by atomic mass is 9.93. The molecule has 1 heterocycles. The molecular formula is C23H37N5O. The van der Waals surface area contributed by atoms with Crippen LogP contribution in [0.3, 0.4) is 0 Å². The first-order valence-electron chi connectivity index (χ1n) is 10.9. The van der Waals surface area contributed by atoms with Gasteiger partial charge >= 0.3 is 0 Å². The van der Waals surface area contributed by atoms with E-state index in [9.17, 15) is 5.11 Å². The number of rotatable bonds is 12. The van der Waals surface area contributed by atoms with Crippen LogP contribution in [0.25, 0.3) is 0 Å². The SMILES string of the molecule is CCCC(O)(CCC)CNC(=NCc1nccn1CCc1ccccc1)NCC. The fraction of sp³-hybridized carbons (Fsp3) is 0.565. The Kier molecular flexibility index (Phi) is 9.71. The smallest absolute Gasteiger partial charge is 0.191 e. The highest BCUT2D eigenvalue weighted by atomic mass is 16.3. The van der Waals surface area contributed by atoms with Crippen LogP contribution in [-0.4, -0.2) is 39.3 Å².